The van der Waals surface area contributed by atoms with Gasteiger partial charge in [0.05, 0.1) is 18.7 Å². The Bertz CT molecular complexity index is 979. The van der Waals surface area contributed by atoms with Crippen molar-refractivity contribution in [3.05, 3.63) is 65.4 Å². The third kappa shape index (κ3) is 3.93. The summed E-state index contributed by atoms with van der Waals surface area (Å²) in [5.74, 6) is 1.33. The van der Waals surface area contributed by atoms with Crippen LogP contribution in [0.5, 0.6) is 5.75 Å². The zero-order valence-electron chi connectivity index (χ0n) is 15.2. The van der Waals surface area contributed by atoms with E-state index in [0.29, 0.717) is 11.5 Å². The minimum Gasteiger partial charge on any atom is -0.493 e. The molecule has 3 aromatic rings. The molecule has 1 aliphatic carbocycles. The lowest BCUT2D eigenvalue weighted by Gasteiger charge is -2.12. The Morgan fingerprint density at radius 3 is 2.70 bits per heavy atom. The first kappa shape index (κ1) is 17.5. The molecule has 0 atom stereocenters. The summed E-state index contributed by atoms with van der Waals surface area (Å²) in [7, 11) is 0. The van der Waals surface area contributed by atoms with E-state index in [1.54, 1.807) is 18.3 Å². The van der Waals surface area contributed by atoms with Gasteiger partial charge in [-0.3, -0.25) is 9.78 Å². The lowest BCUT2D eigenvalue weighted by Crippen LogP contribution is -2.13. The summed E-state index contributed by atoms with van der Waals surface area (Å²) in [4.78, 5) is 17.0. The first-order valence-electron chi connectivity index (χ1n) is 9.17. The third-order valence-electron chi connectivity index (χ3n) is 4.89. The minimum absolute atomic E-state index is 0.0408. The summed E-state index contributed by atoms with van der Waals surface area (Å²) < 4.78 is 5.71. The number of carbonyl (C=O) groups excluding carboxylic acids is 1. The van der Waals surface area contributed by atoms with Crippen LogP contribution in [0.1, 0.15) is 34.3 Å². The van der Waals surface area contributed by atoms with E-state index in [2.05, 4.69) is 10.3 Å². The number of pyridine rings is 1. The van der Waals surface area contributed by atoms with Gasteiger partial charge in [0.1, 0.15) is 5.75 Å². The summed E-state index contributed by atoms with van der Waals surface area (Å²) in [6.45, 7) is 2.64. The van der Waals surface area contributed by atoms with Crippen molar-refractivity contribution in [2.75, 3.05) is 11.9 Å². The molecule has 0 saturated heterocycles. The number of rotatable bonds is 6. The number of amides is 1. The van der Waals surface area contributed by atoms with E-state index >= 15 is 0 Å². The average molecular weight is 362 g/mol. The monoisotopic (exact) mass is 362 g/mol. The molecule has 5 heteroatoms. The number of nitrogens with zero attached hydrogens (tertiary/aromatic N) is 1. The van der Waals surface area contributed by atoms with Crippen LogP contribution in [0, 0.1) is 12.8 Å². The molecular weight excluding hydrogens is 340 g/mol. The molecule has 2 aromatic carbocycles. The van der Waals surface area contributed by atoms with Crippen molar-refractivity contribution in [2.24, 2.45) is 5.92 Å². The smallest absolute Gasteiger partial charge is 0.255 e. The Morgan fingerprint density at radius 2 is 2.00 bits per heavy atom. The van der Waals surface area contributed by atoms with Crippen LogP contribution < -0.4 is 10.1 Å². The maximum atomic E-state index is 12.6. The number of fused-ring (bicyclic) bond motifs is 1. The average Bonchev–Trinajstić information content (AvgIpc) is 3.53. The van der Waals surface area contributed by atoms with Crippen molar-refractivity contribution < 1.29 is 14.6 Å². The predicted molar refractivity (Wildman–Crippen MR) is 105 cm³/mol. The number of carbonyl (C=O) groups is 1. The van der Waals surface area contributed by atoms with Crippen molar-refractivity contribution in [2.45, 2.75) is 26.4 Å². The van der Waals surface area contributed by atoms with Gasteiger partial charge in [0.15, 0.2) is 0 Å². The first-order valence-corrected chi connectivity index (χ1v) is 9.17. The highest BCUT2D eigenvalue weighted by molar-refractivity contribution is 6.06. The number of hydrogen-bond donors (Lipinski definition) is 2. The van der Waals surface area contributed by atoms with Crippen LogP contribution in [-0.2, 0) is 6.61 Å². The Kier molecular flexibility index (Phi) is 4.77. The fourth-order valence-electron chi connectivity index (χ4n) is 3.01. The molecule has 1 amide bonds. The van der Waals surface area contributed by atoms with E-state index in [9.17, 15) is 9.90 Å². The van der Waals surface area contributed by atoms with Crippen molar-refractivity contribution in [1.82, 2.24) is 4.98 Å². The highest BCUT2D eigenvalue weighted by atomic mass is 16.5. The van der Waals surface area contributed by atoms with Gasteiger partial charge >= 0.3 is 0 Å². The van der Waals surface area contributed by atoms with Crippen LogP contribution in [0.25, 0.3) is 10.9 Å². The minimum atomic E-state index is -0.168. The van der Waals surface area contributed by atoms with E-state index in [1.807, 2.05) is 37.3 Å². The SMILES string of the molecule is Cc1c(NC(=O)c2ccc(OCC3CC3)cc2)ccc2cc(CO)cnc12. The number of benzene rings is 2. The van der Waals surface area contributed by atoms with Crippen molar-refractivity contribution in [1.29, 1.82) is 0 Å². The van der Waals surface area contributed by atoms with E-state index in [1.165, 1.54) is 12.8 Å². The van der Waals surface area contributed by atoms with Gasteiger partial charge in [0.2, 0.25) is 0 Å². The van der Waals surface area contributed by atoms with Gasteiger partial charge in [-0.15, -0.1) is 0 Å². The van der Waals surface area contributed by atoms with Crippen molar-refractivity contribution in [3.8, 4) is 5.75 Å². The lowest BCUT2D eigenvalue weighted by atomic mass is 10.1. The topological polar surface area (TPSA) is 71.5 Å². The highest BCUT2D eigenvalue weighted by Gasteiger charge is 2.21. The van der Waals surface area contributed by atoms with Gasteiger partial charge in [0.25, 0.3) is 5.91 Å². The number of ether oxygens (including phenoxy) is 1. The number of aryl methyl sites for hydroxylation is 1. The Labute approximate surface area is 158 Å². The van der Waals surface area contributed by atoms with Gasteiger partial charge in [0, 0.05) is 22.8 Å². The van der Waals surface area contributed by atoms with Gasteiger partial charge < -0.3 is 15.2 Å². The van der Waals surface area contributed by atoms with Gasteiger partial charge in [-0.2, -0.15) is 0 Å². The molecule has 1 saturated carbocycles. The maximum Gasteiger partial charge on any atom is 0.255 e. The van der Waals surface area contributed by atoms with E-state index in [-0.39, 0.29) is 12.5 Å². The lowest BCUT2D eigenvalue weighted by molar-refractivity contribution is 0.102. The number of anilines is 1. The highest BCUT2D eigenvalue weighted by Crippen LogP contribution is 2.29. The fourth-order valence-corrected chi connectivity index (χ4v) is 3.01. The summed E-state index contributed by atoms with van der Waals surface area (Å²) in [5, 5.41) is 13.1. The van der Waals surface area contributed by atoms with Crippen LogP contribution in [0.15, 0.2) is 48.7 Å². The number of aliphatic hydroxyl groups is 1. The molecule has 1 aromatic heterocycles. The molecule has 2 N–H and O–H groups in total. The normalized spacial score (nSPS) is 13.6. The maximum absolute atomic E-state index is 12.6. The summed E-state index contributed by atoms with van der Waals surface area (Å²) in [6.07, 6.45) is 4.16. The Balaban J connectivity index is 1.49. The number of nitrogens with one attached hydrogen (secondary N) is 1. The van der Waals surface area contributed by atoms with Crippen molar-refractivity contribution in [3.63, 3.8) is 0 Å². The third-order valence-corrected chi connectivity index (χ3v) is 4.89. The zero-order chi connectivity index (χ0) is 18.8. The van der Waals surface area contributed by atoms with Crippen LogP contribution in [-0.4, -0.2) is 22.6 Å². The van der Waals surface area contributed by atoms with E-state index in [4.69, 9.17) is 4.74 Å². The molecule has 4 rings (SSSR count). The standard InChI is InChI=1S/C22H22N2O3/c1-14-20(9-6-18-10-16(12-25)11-23-21(14)18)24-22(26)17-4-7-19(8-5-17)27-13-15-2-3-15/h4-11,15,25H,2-3,12-13H2,1H3,(H,24,26). The largest absolute Gasteiger partial charge is 0.493 e. The fraction of sp³-hybridized carbons (Fsp3) is 0.273. The molecule has 0 spiro atoms. The quantitative estimate of drug-likeness (QED) is 0.693. The second-order valence-corrected chi connectivity index (χ2v) is 7.04. The number of aromatic nitrogens is 1. The van der Waals surface area contributed by atoms with Gasteiger partial charge in [-0.25, -0.2) is 0 Å². The van der Waals surface area contributed by atoms with Crippen LogP contribution >= 0.6 is 0 Å². The molecule has 0 bridgehead atoms. The van der Waals surface area contributed by atoms with Crippen molar-refractivity contribution >= 4 is 22.5 Å². The van der Waals surface area contributed by atoms with E-state index in [0.717, 1.165) is 40.1 Å². The number of hydrogen-bond acceptors (Lipinski definition) is 4. The molecule has 0 aliphatic heterocycles. The molecule has 1 fully saturated rings. The molecule has 0 radical (unpaired) electrons. The number of aliphatic hydroxyl groups excluding tert-OH is 1. The van der Waals surface area contributed by atoms with Crippen LogP contribution in [0.3, 0.4) is 0 Å². The molecule has 1 heterocycles. The van der Waals surface area contributed by atoms with Gasteiger partial charge in [-0.05, 0) is 73.2 Å². The summed E-state index contributed by atoms with van der Waals surface area (Å²) in [6, 6.07) is 12.9. The Hall–Kier alpha value is -2.92. The molecular formula is C22H22N2O3. The van der Waals surface area contributed by atoms with Gasteiger partial charge in [-0.1, -0.05) is 6.07 Å². The second kappa shape index (κ2) is 7.37. The zero-order valence-corrected chi connectivity index (χ0v) is 15.2. The summed E-state index contributed by atoms with van der Waals surface area (Å²) >= 11 is 0. The first-order chi connectivity index (χ1) is 13.1. The summed E-state index contributed by atoms with van der Waals surface area (Å²) in [5.41, 5.74) is 3.79. The van der Waals surface area contributed by atoms with Crippen LogP contribution in [0.4, 0.5) is 5.69 Å². The Morgan fingerprint density at radius 1 is 1.22 bits per heavy atom. The molecule has 0 unspecified atom stereocenters. The molecule has 1 aliphatic rings. The molecule has 138 valence electrons. The predicted octanol–water partition coefficient (Wildman–Crippen LogP) is 4.08. The van der Waals surface area contributed by atoms with E-state index < -0.39 is 0 Å². The molecule has 5 nitrogen and oxygen atoms in total. The molecule has 27 heavy (non-hydrogen) atoms. The van der Waals surface area contributed by atoms with Crippen LogP contribution in [0.2, 0.25) is 0 Å². The second-order valence-electron chi connectivity index (χ2n) is 7.04.